The van der Waals surface area contributed by atoms with E-state index in [-0.39, 0.29) is 0 Å². The summed E-state index contributed by atoms with van der Waals surface area (Å²) in [6, 6.07) is 0. The SMILES string of the molecule is C=COCCCCOCCOCCCCOC. The summed E-state index contributed by atoms with van der Waals surface area (Å²) < 4.78 is 20.8. The van der Waals surface area contributed by atoms with Crippen LogP contribution in [0.2, 0.25) is 0 Å². The maximum absolute atomic E-state index is 5.41. The van der Waals surface area contributed by atoms with E-state index in [4.69, 9.17) is 18.9 Å². The van der Waals surface area contributed by atoms with Gasteiger partial charge in [-0.15, -0.1) is 0 Å². The summed E-state index contributed by atoms with van der Waals surface area (Å²) in [5.74, 6) is 0. The van der Waals surface area contributed by atoms with Crippen molar-refractivity contribution in [1.29, 1.82) is 0 Å². The molecule has 0 aromatic rings. The largest absolute Gasteiger partial charge is 0.502 e. The molecule has 0 unspecified atom stereocenters. The average molecular weight is 246 g/mol. The molecule has 0 N–H and O–H groups in total. The van der Waals surface area contributed by atoms with Crippen molar-refractivity contribution < 1.29 is 18.9 Å². The van der Waals surface area contributed by atoms with Crippen molar-refractivity contribution in [3.8, 4) is 0 Å². The highest BCUT2D eigenvalue weighted by Gasteiger charge is 1.92. The number of ether oxygens (including phenoxy) is 4. The van der Waals surface area contributed by atoms with Crippen molar-refractivity contribution in [2.75, 3.05) is 46.8 Å². The molecule has 0 aliphatic heterocycles. The second kappa shape index (κ2) is 15.4. The summed E-state index contributed by atoms with van der Waals surface area (Å²) in [7, 11) is 1.72. The number of hydrogen-bond acceptors (Lipinski definition) is 4. The van der Waals surface area contributed by atoms with Gasteiger partial charge < -0.3 is 18.9 Å². The van der Waals surface area contributed by atoms with E-state index in [1.807, 2.05) is 0 Å². The van der Waals surface area contributed by atoms with Gasteiger partial charge in [0, 0.05) is 26.9 Å². The van der Waals surface area contributed by atoms with Crippen LogP contribution in [-0.4, -0.2) is 46.8 Å². The monoisotopic (exact) mass is 246 g/mol. The first-order chi connectivity index (χ1) is 8.41. The number of hydrogen-bond donors (Lipinski definition) is 0. The second-order valence-corrected chi connectivity index (χ2v) is 3.67. The molecule has 0 atom stereocenters. The Morgan fingerprint density at radius 1 is 0.765 bits per heavy atom. The van der Waals surface area contributed by atoms with Gasteiger partial charge in [-0.2, -0.15) is 0 Å². The molecule has 0 heterocycles. The predicted octanol–water partition coefficient (Wildman–Crippen LogP) is 2.39. The molecule has 4 heteroatoms. The summed E-state index contributed by atoms with van der Waals surface area (Å²) in [5, 5.41) is 0. The van der Waals surface area contributed by atoms with Gasteiger partial charge in [0.1, 0.15) is 0 Å². The van der Waals surface area contributed by atoms with E-state index in [1.54, 1.807) is 7.11 Å². The molecular weight excluding hydrogens is 220 g/mol. The van der Waals surface area contributed by atoms with Crippen LogP contribution in [0.4, 0.5) is 0 Å². The maximum Gasteiger partial charge on any atom is 0.0873 e. The van der Waals surface area contributed by atoms with E-state index >= 15 is 0 Å². The van der Waals surface area contributed by atoms with E-state index in [0.717, 1.165) is 52.1 Å². The summed E-state index contributed by atoms with van der Waals surface area (Å²) in [6.45, 7) is 7.93. The van der Waals surface area contributed by atoms with Crippen LogP contribution in [0.1, 0.15) is 25.7 Å². The normalized spacial score (nSPS) is 10.4. The van der Waals surface area contributed by atoms with Crippen LogP contribution in [0.3, 0.4) is 0 Å². The Morgan fingerprint density at radius 2 is 1.29 bits per heavy atom. The molecule has 17 heavy (non-hydrogen) atoms. The van der Waals surface area contributed by atoms with Crippen molar-refractivity contribution in [3.05, 3.63) is 12.8 Å². The fourth-order valence-corrected chi connectivity index (χ4v) is 1.25. The molecule has 0 bridgehead atoms. The first-order valence-corrected chi connectivity index (χ1v) is 6.28. The number of methoxy groups -OCH3 is 1. The average Bonchev–Trinajstić information content (AvgIpc) is 2.35. The van der Waals surface area contributed by atoms with Gasteiger partial charge in [-0.1, -0.05) is 6.58 Å². The first-order valence-electron chi connectivity index (χ1n) is 6.28. The Kier molecular flexibility index (Phi) is 14.9. The van der Waals surface area contributed by atoms with E-state index in [2.05, 4.69) is 6.58 Å². The zero-order valence-electron chi connectivity index (χ0n) is 11.0. The van der Waals surface area contributed by atoms with Gasteiger partial charge in [-0.3, -0.25) is 0 Å². The van der Waals surface area contributed by atoms with Crippen molar-refractivity contribution in [2.24, 2.45) is 0 Å². The van der Waals surface area contributed by atoms with Crippen LogP contribution in [0, 0.1) is 0 Å². The van der Waals surface area contributed by atoms with Gasteiger partial charge in [0.05, 0.1) is 26.1 Å². The minimum atomic E-state index is 0.673. The summed E-state index contributed by atoms with van der Waals surface area (Å²) in [6.07, 6.45) is 5.59. The van der Waals surface area contributed by atoms with E-state index in [9.17, 15) is 0 Å². The zero-order chi connectivity index (χ0) is 12.6. The van der Waals surface area contributed by atoms with Gasteiger partial charge in [0.2, 0.25) is 0 Å². The van der Waals surface area contributed by atoms with Crippen LogP contribution >= 0.6 is 0 Å². The molecule has 0 saturated carbocycles. The van der Waals surface area contributed by atoms with Crippen LogP contribution in [0.5, 0.6) is 0 Å². The topological polar surface area (TPSA) is 36.9 Å². The Balaban J connectivity index is 2.87. The molecule has 0 fully saturated rings. The molecule has 0 spiro atoms. The van der Waals surface area contributed by atoms with Crippen molar-refractivity contribution in [3.63, 3.8) is 0 Å². The molecule has 0 aliphatic carbocycles. The van der Waals surface area contributed by atoms with Gasteiger partial charge >= 0.3 is 0 Å². The highest BCUT2D eigenvalue weighted by molar-refractivity contribution is 4.49. The van der Waals surface area contributed by atoms with Gasteiger partial charge in [-0.25, -0.2) is 0 Å². The summed E-state index contributed by atoms with van der Waals surface area (Å²) in [4.78, 5) is 0. The van der Waals surface area contributed by atoms with Crippen LogP contribution in [0.15, 0.2) is 12.8 Å². The second-order valence-electron chi connectivity index (χ2n) is 3.67. The minimum absolute atomic E-state index is 0.673. The number of unbranched alkanes of at least 4 members (excludes halogenated alkanes) is 2. The third-order valence-electron chi connectivity index (χ3n) is 2.18. The Hall–Kier alpha value is -0.580. The molecule has 4 nitrogen and oxygen atoms in total. The van der Waals surface area contributed by atoms with Crippen molar-refractivity contribution in [1.82, 2.24) is 0 Å². The minimum Gasteiger partial charge on any atom is -0.502 e. The lowest BCUT2D eigenvalue weighted by Gasteiger charge is -2.05. The molecular formula is C13H26O4. The van der Waals surface area contributed by atoms with Crippen molar-refractivity contribution >= 4 is 0 Å². The van der Waals surface area contributed by atoms with E-state index in [1.165, 1.54) is 6.26 Å². The maximum atomic E-state index is 5.41. The lowest BCUT2D eigenvalue weighted by Crippen LogP contribution is -2.07. The van der Waals surface area contributed by atoms with Crippen LogP contribution < -0.4 is 0 Å². The molecule has 0 aromatic carbocycles. The molecule has 0 amide bonds. The third kappa shape index (κ3) is 15.4. The third-order valence-corrected chi connectivity index (χ3v) is 2.18. The first kappa shape index (κ1) is 16.4. The molecule has 0 aromatic heterocycles. The van der Waals surface area contributed by atoms with Crippen molar-refractivity contribution in [2.45, 2.75) is 25.7 Å². The highest BCUT2D eigenvalue weighted by Crippen LogP contribution is 1.93. The van der Waals surface area contributed by atoms with Gasteiger partial charge in [0.15, 0.2) is 0 Å². The Bertz CT molecular complexity index is 150. The lowest BCUT2D eigenvalue weighted by atomic mass is 10.3. The molecule has 0 aliphatic rings. The Labute approximate surface area is 105 Å². The molecule has 102 valence electrons. The lowest BCUT2D eigenvalue weighted by molar-refractivity contribution is 0.0420. The molecule has 0 rings (SSSR count). The standard InChI is InChI=1S/C13H26O4/c1-3-15-9-6-7-11-17-13-12-16-10-5-4-8-14-2/h3H,1,4-13H2,2H3. The van der Waals surface area contributed by atoms with E-state index in [0.29, 0.717) is 13.2 Å². The fraction of sp³-hybridized carbons (Fsp3) is 0.846. The highest BCUT2D eigenvalue weighted by atomic mass is 16.5. The predicted molar refractivity (Wildman–Crippen MR) is 68.1 cm³/mol. The molecule has 0 radical (unpaired) electrons. The molecule has 0 saturated heterocycles. The number of rotatable bonds is 14. The zero-order valence-corrected chi connectivity index (χ0v) is 11.0. The summed E-state index contributed by atoms with van der Waals surface area (Å²) >= 11 is 0. The fourth-order valence-electron chi connectivity index (χ4n) is 1.25. The van der Waals surface area contributed by atoms with E-state index < -0.39 is 0 Å². The van der Waals surface area contributed by atoms with Gasteiger partial charge in [0.25, 0.3) is 0 Å². The van der Waals surface area contributed by atoms with Crippen LogP contribution in [-0.2, 0) is 18.9 Å². The summed E-state index contributed by atoms with van der Waals surface area (Å²) in [5.41, 5.74) is 0. The van der Waals surface area contributed by atoms with Crippen LogP contribution in [0.25, 0.3) is 0 Å². The quantitative estimate of drug-likeness (QED) is 0.348. The smallest absolute Gasteiger partial charge is 0.0873 e. The Morgan fingerprint density at radius 3 is 1.82 bits per heavy atom. The van der Waals surface area contributed by atoms with Gasteiger partial charge in [-0.05, 0) is 25.7 Å².